The third-order valence-electron chi connectivity index (χ3n) is 2.83. The molecule has 0 aromatic rings. The number of likely N-dealkylation sites (N-methyl/N-ethyl adjacent to an activating group) is 1. The molecule has 9 nitrogen and oxygen atoms in total. The molecule has 0 bridgehead atoms. The normalized spacial score (nSPS) is 17.9. The van der Waals surface area contributed by atoms with Crippen molar-refractivity contribution in [1.82, 2.24) is 4.90 Å². The Morgan fingerprint density at radius 3 is 2.48 bits per heavy atom. The monoisotopic (exact) mass is 296 g/mol. The van der Waals surface area contributed by atoms with Gasteiger partial charge in [-0.1, -0.05) is 18.5 Å². The maximum atomic E-state index is 12.0. The number of hydrogen-bond donors (Lipinski definition) is 0. The Morgan fingerprint density at radius 2 is 2.00 bits per heavy atom. The number of carbonyl (C=O) groups excluding carboxylic acids is 3. The third-order valence-corrected chi connectivity index (χ3v) is 2.83. The Hall–Kier alpha value is -2.06. The highest BCUT2D eigenvalue weighted by Crippen LogP contribution is 2.11. The molecule has 114 valence electrons. The first-order valence-electron chi connectivity index (χ1n) is 6.62. The van der Waals surface area contributed by atoms with Gasteiger partial charge >= 0.3 is 19.1 Å². The maximum absolute atomic E-state index is 12.0. The molecule has 0 aromatic heterocycles. The third kappa shape index (κ3) is 5.45. The van der Waals surface area contributed by atoms with Crippen LogP contribution in [0.25, 0.3) is 10.4 Å². The molecule has 10 heteroatoms. The van der Waals surface area contributed by atoms with Crippen molar-refractivity contribution in [1.29, 1.82) is 0 Å². The number of rotatable bonds is 6. The minimum atomic E-state index is -1.50. The summed E-state index contributed by atoms with van der Waals surface area (Å²) in [5.74, 6) is -3.08. The van der Waals surface area contributed by atoms with Crippen molar-refractivity contribution in [3.63, 3.8) is 0 Å². The van der Waals surface area contributed by atoms with E-state index in [1.807, 2.05) is 6.92 Å². The van der Waals surface area contributed by atoms with Crippen LogP contribution in [0, 0.1) is 0 Å². The first-order valence-corrected chi connectivity index (χ1v) is 6.62. The molecule has 0 saturated carbocycles. The second-order valence-electron chi connectivity index (χ2n) is 4.74. The molecule has 1 fully saturated rings. The molecule has 1 unspecified atom stereocenters. The number of hydrogen-bond acceptors (Lipinski definition) is 7. The van der Waals surface area contributed by atoms with Crippen molar-refractivity contribution in [2.45, 2.75) is 32.1 Å². The Balaban J connectivity index is 2.88. The summed E-state index contributed by atoms with van der Waals surface area (Å²) < 4.78 is 9.88. The van der Waals surface area contributed by atoms with E-state index in [1.54, 1.807) is 7.05 Å². The van der Waals surface area contributed by atoms with Crippen LogP contribution in [-0.2, 0) is 23.7 Å². The van der Waals surface area contributed by atoms with Gasteiger partial charge in [0, 0.05) is 11.3 Å². The Kier molecular flexibility index (Phi) is 6.70. The summed E-state index contributed by atoms with van der Waals surface area (Å²) in [6.45, 7) is 1.68. The molecule has 1 heterocycles. The van der Waals surface area contributed by atoms with Gasteiger partial charge in [0.2, 0.25) is 0 Å². The SMILES string of the molecule is CCCCC(=O)C(N=[N+]=[N-])B1OC(=O)CN(C)CC(=O)O1. The summed E-state index contributed by atoms with van der Waals surface area (Å²) in [6, 6.07) is 0. The van der Waals surface area contributed by atoms with Crippen LogP contribution in [0.3, 0.4) is 0 Å². The molecular weight excluding hydrogens is 279 g/mol. The lowest BCUT2D eigenvalue weighted by molar-refractivity contribution is -0.146. The predicted octanol–water partition coefficient (Wildman–Crippen LogP) is 0.484. The molecule has 1 aliphatic heterocycles. The van der Waals surface area contributed by atoms with E-state index in [9.17, 15) is 14.4 Å². The van der Waals surface area contributed by atoms with Gasteiger partial charge in [0.1, 0.15) is 5.78 Å². The van der Waals surface area contributed by atoms with Crippen LogP contribution in [0.1, 0.15) is 26.2 Å². The number of azide groups is 1. The lowest BCUT2D eigenvalue weighted by Crippen LogP contribution is -2.49. The summed E-state index contributed by atoms with van der Waals surface area (Å²) in [6.07, 6.45) is 1.54. The average molecular weight is 296 g/mol. The zero-order chi connectivity index (χ0) is 15.8. The number of unbranched alkanes of at least 4 members (excludes halogenated alkanes) is 1. The van der Waals surface area contributed by atoms with Crippen molar-refractivity contribution in [3.8, 4) is 0 Å². The van der Waals surface area contributed by atoms with Gasteiger partial charge in [-0.05, 0) is 19.0 Å². The second-order valence-corrected chi connectivity index (χ2v) is 4.74. The van der Waals surface area contributed by atoms with Gasteiger partial charge in [0.25, 0.3) is 0 Å². The molecule has 0 aromatic carbocycles. The molecule has 0 spiro atoms. The molecule has 1 aliphatic rings. The van der Waals surface area contributed by atoms with E-state index >= 15 is 0 Å². The van der Waals surface area contributed by atoms with E-state index in [0.29, 0.717) is 6.42 Å². The fourth-order valence-electron chi connectivity index (χ4n) is 1.81. The zero-order valence-corrected chi connectivity index (χ0v) is 12.0. The Morgan fingerprint density at radius 1 is 1.43 bits per heavy atom. The summed E-state index contributed by atoms with van der Waals surface area (Å²) in [7, 11) is 0.0547. The Labute approximate surface area is 122 Å². The highest BCUT2D eigenvalue weighted by atomic mass is 16.6. The maximum Gasteiger partial charge on any atom is 0.615 e. The predicted molar refractivity (Wildman–Crippen MR) is 72.9 cm³/mol. The van der Waals surface area contributed by atoms with Gasteiger partial charge in [-0.3, -0.25) is 19.3 Å². The first kappa shape index (κ1) is 17.0. The molecule has 1 atom stereocenters. The van der Waals surface area contributed by atoms with Gasteiger partial charge in [-0.15, -0.1) is 0 Å². The van der Waals surface area contributed by atoms with E-state index in [0.717, 1.165) is 6.42 Å². The fourth-order valence-corrected chi connectivity index (χ4v) is 1.81. The van der Waals surface area contributed by atoms with Crippen LogP contribution in [0.4, 0.5) is 0 Å². The van der Waals surface area contributed by atoms with E-state index in [1.165, 1.54) is 4.90 Å². The highest BCUT2D eigenvalue weighted by Gasteiger charge is 2.42. The van der Waals surface area contributed by atoms with Crippen LogP contribution >= 0.6 is 0 Å². The van der Waals surface area contributed by atoms with E-state index in [-0.39, 0.29) is 19.5 Å². The average Bonchev–Trinajstić information content (AvgIpc) is 2.39. The molecular formula is C11H17BN4O5. The van der Waals surface area contributed by atoms with Crippen molar-refractivity contribution in [3.05, 3.63) is 10.4 Å². The van der Waals surface area contributed by atoms with Gasteiger partial charge < -0.3 is 9.31 Å². The van der Waals surface area contributed by atoms with Gasteiger partial charge in [0.15, 0.2) is 5.94 Å². The minimum absolute atomic E-state index is 0.113. The Bertz CT molecular complexity index is 446. The molecule has 1 rings (SSSR count). The van der Waals surface area contributed by atoms with Crippen LogP contribution in [0.15, 0.2) is 5.11 Å². The summed E-state index contributed by atoms with van der Waals surface area (Å²) in [5, 5.41) is 3.32. The smallest absolute Gasteiger partial charge is 0.498 e. The quantitative estimate of drug-likeness (QED) is 0.304. The van der Waals surface area contributed by atoms with Crippen LogP contribution < -0.4 is 0 Å². The topological polar surface area (TPSA) is 122 Å². The van der Waals surface area contributed by atoms with Gasteiger partial charge in [-0.25, -0.2) is 0 Å². The van der Waals surface area contributed by atoms with E-state index in [4.69, 9.17) is 14.8 Å². The fraction of sp³-hybridized carbons (Fsp3) is 0.727. The number of ketones is 1. The molecule has 1 saturated heterocycles. The standard InChI is InChI=1S/C11H17BN4O5/c1-3-4-5-8(17)11(14-15-13)12-20-9(18)6-16(2)7-10(19)21-12/h11H,3-7H2,1-2H3. The molecule has 0 amide bonds. The van der Waals surface area contributed by atoms with Crippen molar-refractivity contribution in [2.75, 3.05) is 20.1 Å². The first-order chi connectivity index (χ1) is 9.97. The van der Waals surface area contributed by atoms with Crippen LogP contribution in [-0.4, -0.2) is 55.8 Å². The highest BCUT2D eigenvalue weighted by molar-refractivity contribution is 6.56. The van der Waals surface area contributed by atoms with Crippen LogP contribution in [0.5, 0.6) is 0 Å². The van der Waals surface area contributed by atoms with Crippen molar-refractivity contribution >= 4 is 24.8 Å². The molecule has 0 N–H and O–H groups in total. The van der Waals surface area contributed by atoms with Crippen LogP contribution in [0.2, 0.25) is 0 Å². The summed E-state index contributed by atoms with van der Waals surface area (Å²) in [4.78, 5) is 39.2. The summed E-state index contributed by atoms with van der Waals surface area (Å²) in [5.41, 5.74) is 8.56. The molecule has 0 radical (unpaired) electrons. The molecule has 21 heavy (non-hydrogen) atoms. The number of nitrogens with zero attached hydrogens (tertiary/aromatic N) is 4. The number of carbonyl (C=O) groups is 3. The van der Waals surface area contributed by atoms with Gasteiger partial charge in [0.05, 0.1) is 13.1 Å². The zero-order valence-electron chi connectivity index (χ0n) is 12.0. The van der Waals surface area contributed by atoms with E-state index < -0.39 is 30.8 Å². The summed E-state index contributed by atoms with van der Waals surface area (Å²) >= 11 is 0. The lowest BCUT2D eigenvalue weighted by atomic mass is 9.74. The van der Waals surface area contributed by atoms with Gasteiger partial charge in [-0.2, -0.15) is 0 Å². The van der Waals surface area contributed by atoms with E-state index in [2.05, 4.69) is 10.0 Å². The minimum Gasteiger partial charge on any atom is -0.498 e. The number of Topliss-reactive ketones (excluding diaryl/α,β-unsaturated/α-hetero) is 1. The largest absolute Gasteiger partial charge is 0.615 e. The second kappa shape index (κ2) is 8.28. The lowest BCUT2D eigenvalue weighted by Gasteiger charge is -2.24. The van der Waals surface area contributed by atoms with Crippen molar-refractivity contribution in [2.24, 2.45) is 5.11 Å². The molecule has 0 aliphatic carbocycles. The van der Waals surface area contributed by atoms with Crippen molar-refractivity contribution < 1.29 is 23.7 Å².